The molecule has 0 heterocycles. The number of hydrogen-bond donors (Lipinski definition) is 1. The zero-order valence-electron chi connectivity index (χ0n) is 9.71. The second kappa shape index (κ2) is 7.61. The van der Waals surface area contributed by atoms with Gasteiger partial charge >= 0.3 is 0 Å². The molecule has 0 amide bonds. The number of halogens is 4. The summed E-state index contributed by atoms with van der Waals surface area (Å²) in [5, 5.41) is 0.0569. The Morgan fingerprint density at radius 1 is 1.33 bits per heavy atom. The van der Waals surface area contributed by atoms with Crippen molar-refractivity contribution in [1.29, 1.82) is 0 Å². The fraction of sp³-hybridized carbons (Fsp3) is 0.500. The van der Waals surface area contributed by atoms with E-state index in [1.807, 2.05) is 0 Å². The van der Waals surface area contributed by atoms with Crippen molar-refractivity contribution >= 4 is 11.6 Å². The van der Waals surface area contributed by atoms with E-state index in [2.05, 4.69) is 0 Å². The van der Waals surface area contributed by atoms with Crippen LogP contribution in [0.1, 0.15) is 12.0 Å². The lowest BCUT2D eigenvalue weighted by Gasteiger charge is -2.13. The summed E-state index contributed by atoms with van der Waals surface area (Å²) in [5.74, 6) is -0.490. The Labute approximate surface area is 109 Å². The van der Waals surface area contributed by atoms with E-state index in [9.17, 15) is 13.2 Å². The molecule has 0 spiro atoms. The van der Waals surface area contributed by atoms with Crippen molar-refractivity contribution in [3.8, 4) is 0 Å². The van der Waals surface area contributed by atoms with Gasteiger partial charge in [-0.3, -0.25) is 0 Å². The molecule has 0 aromatic heterocycles. The van der Waals surface area contributed by atoms with Gasteiger partial charge in [0.05, 0.1) is 5.02 Å². The minimum absolute atomic E-state index is 0.0569. The lowest BCUT2D eigenvalue weighted by atomic mass is 10.0. The van der Waals surface area contributed by atoms with Crippen molar-refractivity contribution in [2.24, 2.45) is 5.73 Å². The third-order valence-corrected chi connectivity index (χ3v) is 2.81. The van der Waals surface area contributed by atoms with E-state index in [-0.39, 0.29) is 17.7 Å². The highest BCUT2D eigenvalue weighted by atomic mass is 35.5. The van der Waals surface area contributed by atoms with Crippen molar-refractivity contribution < 1.29 is 17.9 Å². The van der Waals surface area contributed by atoms with Crippen LogP contribution < -0.4 is 5.73 Å². The molecule has 2 N–H and O–H groups in total. The van der Waals surface area contributed by atoms with E-state index in [1.165, 1.54) is 6.07 Å². The summed E-state index contributed by atoms with van der Waals surface area (Å²) in [4.78, 5) is 0. The van der Waals surface area contributed by atoms with Crippen molar-refractivity contribution in [3.05, 3.63) is 34.6 Å². The van der Waals surface area contributed by atoms with E-state index in [0.717, 1.165) is 0 Å². The maximum absolute atomic E-state index is 13.1. The lowest BCUT2D eigenvalue weighted by molar-refractivity contribution is 0.0153. The van der Waals surface area contributed by atoms with E-state index >= 15 is 0 Å². The summed E-state index contributed by atoms with van der Waals surface area (Å²) in [6.07, 6.45) is -1.67. The summed E-state index contributed by atoms with van der Waals surface area (Å²) in [7, 11) is 0. The van der Waals surface area contributed by atoms with Crippen LogP contribution in [0.3, 0.4) is 0 Å². The zero-order valence-corrected chi connectivity index (χ0v) is 10.5. The molecular weight excluding hydrogens is 267 g/mol. The molecule has 0 saturated heterocycles. The Morgan fingerprint density at radius 2 is 2.06 bits per heavy atom. The Kier molecular flexibility index (Phi) is 6.46. The molecule has 102 valence electrons. The number of rotatable bonds is 7. The van der Waals surface area contributed by atoms with Gasteiger partial charge in [-0.2, -0.15) is 0 Å². The molecule has 0 aliphatic carbocycles. The molecule has 0 fully saturated rings. The number of nitrogens with two attached hydrogens (primary N) is 1. The Hall–Kier alpha value is -0.780. The Morgan fingerprint density at radius 3 is 2.72 bits per heavy atom. The summed E-state index contributed by atoms with van der Waals surface area (Å²) in [5.41, 5.74) is 6.40. The standard InChI is InChI=1S/C12H15ClF3NO/c13-12-8(2-1-3-10(12)14)6-9(17)4-5-18-7-11(15)16/h1-3,9,11H,4-7,17H2. The van der Waals surface area contributed by atoms with Gasteiger partial charge in [0.2, 0.25) is 0 Å². The van der Waals surface area contributed by atoms with Crippen molar-refractivity contribution in [1.82, 2.24) is 0 Å². The molecular formula is C12H15ClF3NO. The van der Waals surface area contributed by atoms with Crippen molar-refractivity contribution in [3.63, 3.8) is 0 Å². The number of alkyl halides is 2. The van der Waals surface area contributed by atoms with Gasteiger partial charge < -0.3 is 10.5 Å². The summed E-state index contributed by atoms with van der Waals surface area (Å²) in [6.45, 7) is -0.439. The first-order valence-corrected chi connectivity index (χ1v) is 5.93. The molecule has 1 aromatic rings. The highest BCUT2D eigenvalue weighted by molar-refractivity contribution is 6.31. The molecule has 1 unspecified atom stereocenters. The number of hydrogen-bond acceptors (Lipinski definition) is 2. The van der Waals surface area contributed by atoms with E-state index in [4.69, 9.17) is 22.1 Å². The second-order valence-corrected chi connectivity index (χ2v) is 4.31. The van der Waals surface area contributed by atoms with Crippen LogP contribution in [0.25, 0.3) is 0 Å². The van der Waals surface area contributed by atoms with Crippen LogP contribution >= 0.6 is 11.6 Å². The van der Waals surface area contributed by atoms with Crippen LogP contribution in [0.2, 0.25) is 5.02 Å². The summed E-state index contributed by atoms with van der Waals surface area (Å²) in [6, 6.07) is 4.20. The fourth-order valence-corrected chi connectivity index (χ4v) is 1.70. The molecule has 1 aromatic carbocycles. The first-order chi connectivity index (χ1) is 8.50. The van der Waals surface area contributed by atoms with Gasteiger partial charge in [-0.05, 0) is 24.5 Å². The first-order valence-electron chi connectivity index (χ1n) is 5.55. The zero-order chi connectivity index (χ0) is 13.5. The van der Waals surface area contributed by atoms with Crippen LogP contribution in [0.4, 0.5) is 13.2 Å². The van der Waals surface area contributed by atoms with Gasteiger partial charge in [-0.15, -0.1) is 0 Å². The lowest BCUT2D eigenvalue weighted by Crippen LogP contribution is -2.25. The quantitative estimate of drug-likeness (QED) is 0.780. The largest absolute Gasteiger partial charge is 0.375 e. The summed E-state index contributed by atoms with van der Waals surface area (Å²) < 4.78 is 41.4. The highest BCUT2D eigenvalue weighted by Crippen LogP contribution is 2.21. The first kappa shape index (κ1) is 15.3. The molecule has 1 atom stereocenters. The third kappa shape index (κ3) is 5.25. The van der Waals surface area contributed by atoms with Crippen LogP contribution in [0, 0.1) is 5.82 Å². The van der Waals surface area contributed by atoms with Gasteiger partial charge in [0, 0.05) is 12.6 Å². The SMILES string of the molecule is NC(CCOCC(F)F)Cc1cccc(F)c1Cl. The maximum atomic E-state index is 13.1. The molecule has 0 aliphatic heterocycles. The van der Waals surface area contributed by atoms with Gasteiger partial charge in [0.25, 0.3) is 6.43 Å². The summed E-state index contributed by atoms with van der Waals surface area (Å²) >= 11 is 5.78. The van der Waals surface area contributed by atoms with Crippen LogP contribution in [0.5, 0.6) is 0 Å². The molecule has 0 bridgehead atoms. The predicted octanol–water partition coefficient (Wildman–Crippen LogP) is 3.02. The Bertz CT molecular complexity index is 376. The topological polar surface area (TPSA) is 35.2 Å². The third-order valence-electron chi connectivity index (χ3n) is 2.39. The molecule has 0 aliphatic rings. The highest BCUT2D eigenvalue weighted by Gasteiger charge is 2.10. The normalized spacial score (nSPS) is 13.0. The average Bonchev–Trinajstić information content (AvgIpc) is 2.30. The Balaban J connectivity index is 2.35. The molecule has 1 rings (SSSR count). The van der Waals surface area contributed by atoms with Gasteiger partial charge in [0.1, 0.15) is 12.4 Å². The smallest absolute Gasteiger partial charge is 0.261 e. The molecule has 6 heteroatoms. The second-order valence-electron chi connectivity index (χ2n) is 3.93. The van der Waals surface area contributed by atoms with Crippen molar-refractivity contribution in [2.45, 2.75) is 25.3 Å². The molecule has 0 radical (unpaired) electrons. The average molecular weight is 282 g/mol. The monoisotopic (exact) mass is 281 g/mol. The maximum Gasteiger partial charge on any atom is 0.261 e. The van der Waals surface area contributed by atoms with Crippen LogP contribution in [0.15, 0.2) is 18.2 Å². The van der Waals surface area contributed by atoms with Gasteiger partial charge in [-0.25, -0.2) is 13.2 Å². The minimum atomic E-state index is -2.47. The molecule has 2 nitrogen and oxygen atoms in total. The van der Waals surface area contributed by atoms with Crippen LogP contribution in [-0.2, 0) is 11.2 Å². The molecule has 0 saturated carbocycles. The van der Waals surface area contributed by atoms with E-state index < -0.39 is 18.8 Å². The fourth-order valence-electron chi connectivity index (χ4n) is 1.50. The van der Waals surface area contributed by atoms with E-state index in [0.29, 0.717) is 18.4 Å². The minimum Gasteiger partial charge on any atom is -0.375 e. The number of benzene rings is 1. The van der Waals surface area contributed by atoms with Gasteiger partial charge in [0.15, 0.2) is 0 Å². The molecule has 18 heavy (non-hydrogen) atoms. The number of ether oxygens (including phenoxy) is 1. The predicted molar refractivity (Wildman–Crippen MR) is 64.5 cm³/mol. The van der Waals surface area contributed by atoms with Crippen molar-refractivity contribution in [2.75, 3.05) is 13.2 Å². The van der Waals surface area contributed by atoms with Gasteiger partial charge in [-0.1, -0.05) is 23.7 Å². The van der Waals surface area contributed by atoms with Crippen LogP contribution in [-0.4, -0.2) is 25.7 Å². The van der Waals surface area contributed by atoms with E-state index in [1.54, 1.807) is 12.1 Å².